The molecule has 1 aliphatic carbocycles. The highest BCUT2D eigenvalue weighted by molar-refractivity contribution is 5.76. The minimum atomic E-state index is 0.319. The zero-order valence-corrected chi connectivity index (χ0v) is 11.7. The molecule has 3 nitrogen and oxygen atoms in total. The first-order valence-electron chi connectivity index (χ1n) is 7.14. The van der Waals surface area contributed by atoms with Gasteiger partial charge in [-0.2, -0.15) is 0 Å². The summed E-state index contributed by atoms with van der Waals surface area (Å²) in [5.74, 6) is 1.16. The smallest absolute Gasteiger partial charge is 0.0918 e. The zero-order chi connectivity index (χ0) is 12.8. The van der Waals surface area contributed by atoms with Gasteiger partial charge in [0.25, 0.3) is 0 Å². The Kier molecular flexibility index (Phi) is 5.96. The van der Waals surface area contributed by atoms with Crippen LogP contribution in [0.15, 0.2) is 0 Å². The molecule has 0 aromatic carbocycles. The molecule has 2 unspecified atom stereocenters. The van der Waals surface area contributed by atoms with Gasteiger partial charge in [-0.25, -0.2) is 0 Å². The van der Waals surface area contributed by atoms with E-state index in [1.807, 2.05) is 0 Å². The van der Waals surface area contributed by atoms with Crippen LogP contribution in [-0.2, 0) is 0 Å². The Bertz CT molecular complexity index is 238. The third-order valence-corrected chi connectivity index (χ3v) is 4.12. The average Bonchev–Trinajstić information content (AvgIpc) is 2.29. The van der Waals surface area contributed by atoms with Crippen LogP contribution in [0, 0.1) is 11.3 Å². The van der Waals surface area contributed by atoms with Gasteiger partial charge in [-0.3, -0.25) is 10.3 Å². The van der Waals surface area contributed by atoms with Crippen molar-refractivity contribution in [3.63, 3.8) is 0 Å². The maximum atomic E-state index is 7.39. The van der Waals surface area contributed by atoms with Crippen LogP contribution >= 0.6 is 0 Å². The fourth-order valence-corrected chi connectivity index (χ4v) is 3.16. The Morgan fingerprint density at radius 2 is 2.00 bits per heavy atom. The van der Waals surface area contributed by atoms with Crippen molar-refractivity contribution < 1.29 is 0 Å². The average molecular weight is 239 g/mol. The fraction of sp³-hybridized carbons (Fsp3) is 0.929. The van der Waals surface area contributed by atoms with Crippen molar-refractivity contribution in [1.82, 2.24) is 4.90 Å². The molecule has 0 spiro atoms. The Labute approximate surface area is 106 Å². The summed E-state index contributed by atoms with van der Waals surface area (Å²) in [7, 11) is 0. The van der Waals surface area contributed by atoms with Crippen molar-refractivity contribution in [1.29, 1.82) is 5.41 Å². The highest BCUT2D eigenvalue weighted by atomic mass is 15.2. The monoisotopic (exact) mass is 239 g/mol. The Morgan fingerprint density at radius 1 is 1.35 bits per heavy atom. The third kappa shape index (κ3) is 4.30. The molecule has 17 heavy (non-hydrogen) atoms. The van der Waals surface area contributed by atoms with Crippen LogP contribution in [-0.4, -0.2) is 29.4 Å². The van der Waals surface area contributed by atoms with Gasteiger partial charge in [-0.05, 0) is 32.6 Å². The van der Waals surface area contributed by atoms with E-state index in [-0.39, 0.29) is 0 Å². The van der Waals surface area contributed by atoms with Crippen molar-refractivity contribution in [2.75, 3.05) is 6.54 Å². The minimum Gasteiger partial charge on any atom is -0.388 e. The first kappa shape index (κ1) is 14.5. The van der Waals surface area contributed by atoms with E-state index in [1.165, 1.54) is 32.1 Å². The largest absolute Gasteiger partial charge is 0.388 e. The molecule has 0 saturated heterocycles. The second-order valence-electron chi connectivity index (χ2n) is 5.63. The van der Waals surface area contributed by atoms with E-state index in [2.05, 4.69) is 25.7 Å². The van der Waals surface area contributed by atoms with Gasteiger partial charge in [0.2, 0.25) is 0 Å². The summed E-state index contributed by atoms with van der Waals surface area (Å²) < 4.78 is 0. The molecular weight excluding hydrogens is 210 g/mol. The number of nitrogens with one attached hydrogen (secondary N) is 1. The summed E-state index contributed by atoms with van der Waals surface area (Å²) >= 11 is 0. The van der Waals surface area contributed by atoms with Gasteiger partial charge in [0.05, 0.1) is 5.84 Å². The Hall–Kier alpha value is -0.570. The first-order valence-corrected chi connectivity index (χ1v) is 7.14. The van der Waals surface area contributed by atoms with Crippen molar-refractivity contribution in [3.8, 4) is 0 Å². The molecule has 0 bridgehead atoms. The lowest BCUT2D eigenvalue weighted by atomic mass is 9.81. The molecule has 0 aromatic rings. The molecule has 3 N–H and O–H groups in total. The van der Waals surface area contributed by atoms with Crippen molar-refractivity contribution >= 4 is 5.84 Å². The number of rotatable bonds is 6. The summed E-state index contributed by atoms with van der Waals surface area (Å²) in [4.78, 5) is 2.58. The molecule has 1 aliphatic rings. The maximum Gasteiger partial charge on any atom is 0.0918 e. The number of hydrogen-bond acceptors (Lipinski definition) is 2. The molecule has 0 aliphatic heterocycles. The van der Waals surface area contributed by atoms with E-state index in [0.717, 1.165) is 12.5 Å². The van der Waals surface area contributed by atoms with E-state index in [4.69, 9.17) is 11.1 Å². The summed E-state index contributed by atoms with van der Waals surface area (Å²) in [6.45, 7) is 7.80. The molecule has 1 rings (SSSR count). The molecule has 0 heterocycles. The van der Waals surface area contributed by atoms with Crippen LogP contribution in [0.3, 0.4) is 0 Å². The van der Waals surface area contributed by atoms with Crippen molar-refractivity contribution in [3.05, 3.63) is 0 Å². The van der Waals surface area contributed by atoms with Gasteiger partial charge in [0.1, 0.15) is 0 Å². The molecule has 1 saturated carbocycles. The normalized spacial score (nSPS) is 25.5. The zero-order valence-electron chi connectivity index (χ0n) is 11.7. The first-order chi connectivity index (χ1) is 8.06. The van der Waals surface area contributed by atoms with Gasteiger partial charge in [-0.1, -0.05) is 26.2 Å². The highest BCUT2D eigenvalue weighted by Crippen LogP contribution is 2.31. The van der Waals surface area contributed by atoms with Crippen molar-refractivity contribution in [2.45, 2.75) is 71.4 Å². The van der Waals surface area contributed by atoms with Crippen LogP contribution in [0.2, 0.25) is 0 Å². The van der Waals surface area contributed by atoms with E-state index >= 15 is 0 Å². The third-order valence-electron chi connectivity index (χ3n) is 4.12. The van der Waals surface area contributed by atoms with Gasteiger partial charge in [0, 0.05) is 25.0 Å². The summed E-state index contributed by atoms with van der Waals surface area (Å²) in [6.07, 6.45) is 7.47. The molecule has 0 radical (unpaired) electrons. The maximum absolute atomic E-state index is 7.39. The van der Waals surface area contributed by atoms with E-state index in [1.54, 1.807) is 0 Å². The van der Waals surface area contributed by atoms with E-state index in [9.17, 15) is 0 Å². The van der Waals surface area contributed by atoms with Crippen LogP contribution in [0.25, 0.3) is 0 Å². The molecule has 1 fully saturated rings. The van der Waals surface area contributed by atoms with Crippen LogP contribution < -0.4 is 5.73 Å². The molecular formula is C14H29N3. The standard InChI is InChI=1S/C14H29N3/c1-4-12-7-5-6-8-13(12)17(11(2)3)10-9-14(15)16/h11-13H,4-10H2,1-3H3,(H3,15,16). The second-order valence-corrected chi connectivity index (χ2v) is 5.63. The van der Waals surface area contributed by atoms with E-state index in [0.29, 0.717) is 24.3 Å². The van der Waals surface area contributed by atoms with Gasteiger partial charge >= 0.3 is 0 Å². The number of nitrogens with zero attached hydrogens (tertiary/aromatic N) is 1. The number of hydrogen-bond donors (Lipinski definition) is 2. The Balaban J connectivity index is 2.63. The van der Waals surface area contributed by atoms with Gasteiger partial charge in [-0.15, -0.1) is 0 Å². The second kappa shape index (κ2) is 7.00. The van der Waals surface area contributed by atoms with Gasteiger partial charge < -0.3 is 5.73 Å². The lowest BCUT2D eigenvalue weighted by molar-refractivity contribution is 0.0760. The summed E-state index contributed by atoms with van der Waals surface area (Å²) in [5.41, 5.74) is 5.49. The molecule has 0 aromatic heterocycles. The quantitative estimate of drug-likeness (QED) is 0.553. The molecule has 100 valence electrons. The minimum absolute atomic E-state index is 0.319. The van der Waals surface area contributed by atoms with Gasteiger partial charge in [0.15, 0.2) is 0 Å². The van der Waals surface area contributed by atoms with Crippen LogP contribution in [0.1, 0.15) is 59.3 Å². The SMILES string of the molecule is CCC1CCCCC1N(CCC(=N)N)C(C)C. The Morgan fingerprint density at radius 3 is 2.53 bits per heavy atom. The predicted octanol–water partition coefficient (Wildman–Crippen LogP) is 2.99. The molecule has 3 heteroatoms. The van der Waals surface area contributed by atoms with Crippen molar-refractivity contribution in [2.24, 2.45) is 11.7 Å². The fourth-order valence-electron chi connectivity index (χ4n) is 3.16. The van der Waals surface area contributed by atoms with Crippen LogP contribution in [0.5, 0.6) is 0 Å². The van der Waals surface area contributed by atoms with Crippen LogP contribution in [0.4, 0.5) is 0 Å². The highest BCUT2D eigenvalue weighted by Gasteiger charge is 2.30. The summed E-state index contributed by atoms with van der Waals surface area (Å²) in [6, 6.07) is 1.28. The number of amidine groups is 1. The summed E-state index contributed by atoms with van der Waals surface area (Å²) in [5, 5.41) is 7.39. The van der Waals surface area contributed by atoms with E-state index < -0.39 is 0 Å². The topological polar surface area (TPSA) is 53.1 Å². The number of nitrogens with two attached hydrogens (primary N) is 1. The molecule has 2 atom stereocenters. The predicted molar refractivity (Wildman–Crippen MR) is 74.4 cm³/mol. The lowest BCUT2D eigenvalue weighted by Crippen LogP contribution is -2.47. The lowest BCUT2D eigenvalue weighted by Gasteiger charge is -2.42. The molecule has 0 amide bonds.